The summed E-state index contributed by atoms with van der Waals surface area (Å²) in [5, 5.41) is 9.22. The molecule has 0 spiro atoms. The number of nitrogens with two attached hydrogens (primary N) is 2. The molecule has 13 heteroatoms. The van der Waals surface area contributed by atoms with Gasteiger partial charge in [0.15, 0.2) is 23.1 Å². The molecule has 13 nitrogen and oxygen atoms in total. The first kappa shape index (κ1) is 39.2. The molecule has 0 saturated heterocycles. The minimum absolute atomic E-state index is 0.218. The van der Waals surface area contributed by atoms with E-state index in [0.717, 1.165) is 92.5 Å². The number of fused-ring (bicyclic) bond motifs is 14. The number of hydrogen-bond acceptors (Lipinski definition) is 10. The molecule has 2 atom stereocenters. The van der Waals surface area contributed by atoms with Crippen molar-refractivity contribution in [1.29, 1.82) is 0 Å². The van der Waals surface area contributed by atoms with Crippen LogP contribution in [0.2, 0.25) is 0 Å². The number of nitrogen functional groups attached to an aromatic ring is 2. The molecule has 8 heterocycles. The average Bonchev–Trinajstić information content (AvgIpc) is 4.01. The number of anilines is 2. The number of ether oxygens (including phenoxy) is 2. The van der Waals surface area contributed by atoms with Crippen LogP contribution in [0.15, 0.2) is 104 Å². The van der Waals surface area contributed by atoms with E-state index in [-0.39, 0.29) is 12.2 Å². The topological polar surface area (TPSA) is 163 Å². The van der Waals surface area contributed by atoms with Crippen LogP contribution in [0.1, 0.15) is 84.5 Å². The molecule has 2 aromatic carbocycles. The van der Waals surface area contributed by atoms with E-state index < -0.39 is 0 Å². The van der Waals surface area contributed by atoms with Crippen molar-refractivity contribution in [1.82, 2.24) is 44.1 Å². The lowest BCUT2D eigenvalue weighted by molar-refractivity contribution is 0.227. The fourth-order valence-electron chi connectivity index (χ4n) is 8.47. The molecule has 0 saturated carbocycles. The van der Waals surface area contributed by atoms with Gasteiger partial charge in [-0.1, -0.05) is 47.5 Å². The highest BCUT2D eigenvalue weighted by Crippen LogP contribution is 2.39. The second kappa shape index (κ2) is 16.1. The van der Waals surface area contributed by atoms with Gasteiger partial charge in [0.05, 0.1) is 41.5 Å². The molecule has 0 fully saturated rings. The average molecular weight is 812 g/mol. The third-order valence-electron chi connectivity index (χ3n) is 11.5. The fourth-order valence-corrected chi connectivity index (χ4v) is 8.47. The van der Waals surface area contributed by atoms with Crippen LogP contribution in [0.4, 0.5) is 11.6 Å². The van der Waals surface area contributed by atoms with Crippen LogP contribution in [0.5, 0.6) is 11.5 Å². The number of nitrogens with zero attached hydrogens (tertiary/aromatic N) is 9. The normalized spacial score (nSPS) is 15.1. The minimum atomic E-state index is -0.223. The number of pyridine rings is 3. The Balaban J connectivity index is 0.000000156. The Morgan fingerprint density at radius 3 is 1.89 bits per heavy atom. The van der Waals surface area contributed by atoms with Gasteiger partial charge in [-0.15, -0.1) is 0 Å². The van der Waals surface area contributed by atoms with E-state index in [1.54, 1.807) is 12.4 Å². The molecule has 2 aliphatic heterocycles. The number of benzene rings is 2. The zero-order chi connectivity index (χ0) is 42.4. The lowest BCUT2D eigenvalue weighted by Crippen LogP contribution is -2.12. The predicted molar refractivity (Wildman–Crippen MR) is 237 cm³/mol. The third kappa shape index (κ3) is 7.36. The molecule has 2 aliphatic rings. The molecule has 4 bridgehead atoms. The Morgan fingerprint density at radius 2 is 1.25 bits per heavy atom. The maximum atomic E-state index is 6.37. The summed E-state index contributed by atoms with van der Waals surface area (Å²) < 4.78 is 18.8. The Bertz CT molecular complexity index is 2910. The first-order valence-electron chi connectivity index (χ1n) is 20.7. The van der Waals surface area contributed by atoms with Gasteiger partial charge in [-0.05, 0) is 71.4 Å². The molecule has 308 valence electrons. The van der Waals surface area contributed by atoms with E-state index in [1.165, 1.54) is 11.1 Å². The van der Waals surface area contributed by atoms with Gasteiger partial charge in [0.25, 0.3) is 0 Å². The van der Waals surface area contributed by atoms with Crippen LogP contribution in [0.25, 0.3) is 39.5 Å². The van der Waals surface area contributed by atoms with Crippen molar-refractivity contribution in [2.45, 2.75) is 79.7 Å². The van der Waals surface area contributed by atoms with Crippen LogP contribution < -0.4 is 20.9 Å². The molecule has 0 amide bonds. The molecular formula is C48H49N11O2. The van der Waals surface area contributed by atoms with Crippen molar-refractivity contribution in [3.63, 3.8) is 0 Å². The second-order valence-electron chi connectivity index (χ2n) is 15.7. The molecule has 6 aromatic heterocycles. The summed E-state index contributed by atoms with van der Waals surface area (Å²) in [6.45, 7) is 13.9. The molecule has 8 aromatic rings. The van der Waals surface area contributed by atoms with Crippen LogP contribution >= 0.6 is 0 Å². The van der Waals surface area contributed by atoms with Crippen LogP contribution in [-0.4, -0.2) is 44.1 Å². The molecule has 61 heavy (non-hydrogen) atoms. The summed E-state index contributed by atoms with van der Waals surface area (Å²) in [4.78, 5) is 18.1. The largest absolute Gasteiger partial charge is 0.482 e. The van der Waals surface area contributed by atoms with Crippen molar-refractivity contribution in [2.75, 3.05) is 11.5 Å². The Labute approximate surface area is 355 Å². The first-order chi connectivity index (χ1) is 29.6. The molecule has 4 N–H and O–H groups in total. The highest BCUT2D eigenvalue weighted by Gasteiger charge is 2.25. The van der Waals surface area contributed by atoms with E-state index >= 15 is 0 Å². The van der Waals surface area contributed by atoms with E-state index in [2.05, 4.69) is 99.9 Å². The second-order valence-corrected chi connectivity index (χ2v) is 15.7. The fraction of sp³-hybridized carbons (Fsp3) is 0.250. The lowest BCUT2D eigenvalue weighted by atomic mass is 9.92. The minimum Gasteiger partial charge on any atom is -0.482 e. The number of aromatic nitrogens is 9. The SMILES string of the molecule is CCn1ncc2c1-c1cnc(N)c(c1)OC(C)c1cc(C)ccc1-c1ncccc1C2.CCn1ncc2c1-c1cnc(N)c(c1)OC(C)c1cc(C)ccc1-n1cncc1C2. The number of hydrogen-bond donors (Lipinski definition) is 2. The molecule has 10 rings (SSSR count). The monoisotopic (exact) mass is 811 g/mol. The Kier molecular flexibility index (Phi) is 10.3. The van der Waals surface area contributed by atoms with Gasteiger partial charge in [0.1, 0.15) is 12.2 Å². The summed E-state index contributed by atoms with van der Waals surface area (Å²) >= 11 is 0. The van der Waals surface area contributed by atoms with Gasteiger partial charge in [-0.3, -0.25) is 14.3 Å². The number of rotatable bonds is 2. The molecule has 0 aliphatic carbocycles. The third-order valence-corrected chi connectivity index (χ3v) is 11.5. The van der Waals surface area contributed by atoms with Gasteiger partial charge in [-0.25, -0.2) is 15.0 Å². The van der Waals surface area contributed by atoms with Crippen LogP contribution in [-0.2, 0) is 25.9 Å². The lowest BCUT2D eigenvalue weighted by Gasteiger charge is -2.22. The summed E-state index contributed by atoms with van der Waals surface area (Å²) in [6, 6.07) is 20.9. The van der Waals surface area contributed by atoms with Gasteiger partial charge >= 0.3 is 0 Å². The van der Waals surface area contributed by atoms with Crippen LogP contribution in [0, 0.1) is 13.8 Å². The Hall–Kier alpha value is -7.28. The standard InChI is InChI=1S/C25H25N5O.C23H24N6O/c1-4-30-24-18(14-29-30)11-17-6-5-9-27-23(17)20-8-7-15(2)10-21(20)16(3)31-22-12-19(24)13-28-25(22)26;1-4-29-22-16(11-27-29)8-18-12-25-13-28(18)20-6-5-14(2)7-19(20)15(3)30-21-9-17(22)10-26-23(21)24/h5-10,12-14,16H,4,11H2,1-3H3,(H2,26,28);5-7,9-13,15H,4,8H2,1-3H3,(H2,24,26). The van der Waals surface area contributed by atoms with Crippen molar-refractivity contribution in [2.24, 2.45) is 0 Å². The zero-order valence-electron chi connectivity index (χ0n) is 35.3. The van der Waals surface area contributed by atoms with Gasteiger partial charge in [0, 0.05) is 95.4 Å². The highest BCUT2D eigenvalue weighted by atomic mass is 16.5. The van der Waals surface area contributed by atoms with E-state index in [0.29, 0.717) is 29.6 Å². The first-order valence-corrected chi connectivity index (χ1v) is 20.7. The van der Waals surface area contributed by atoms with Crippen molar-refractivity contribution < 1.29 is 9.47 Å². The predicted octanol–water partition coefficient (Wildman–Crippen LogP) is 9.05. The number of aryl methyl sites for hydroxylation is 4. The number of imidazole rings is 1. The van der Waals surface area contributed by atoms with Crippen molar-refractivity contribution in [3.05, 3.63) is 149 Å². The van der Waals surface area contributed by atoms with E-state index in [1.807, 2.05) is 72.5 Å². The van der Waals surface area contributed by atoms with Gasteiger partial charge in [0.2, 0.25) is 0 Å². The van der Waals surface area contributed by atoms with Gasteiger partial charge in [-0.2, -0.15) is 10.2 Å². The molecule has 0 radical (unpaired) electrons. The quantitative estimate of drug-likeness (QED) is 0.172. The maximum absolute atomic E-state index is 6.37. The van der Waals surface area contributed by atoms with E-state index in [9.17, 15) is 0 Å². The highest BCUT2D eigenvalue weighted by molar-refractivity contribution is 5.72. The molecule has 2 unspecified atom stereocenters. The van der Waals surface area contributed by atoms with Crippen LogP contribution in [0.3, 0.4) is 0 Å². The van der Waals surface area contributed by atoms with Gasteiger partial charge < -0.3 is 25.5 Å². The Morgan fingerprint density at radius 1 is 0.656 bits per heavy atom. The summed E-state index contributed by atoms with van der Waals surface area (Å²) in [5.41, 5.74) is 28.4. The smallest absolute Gasteiger partial charge is 0.166 e. The van der Waals surface area contributed by atoms with E-state index in [4.69, 9.17) is 25.9 Å². The summed E-state index contributed by atoms with van der Waals surface area (Å²) in [7, 11) is 0. The maximum Gasteiger partial charge on any atom is 0.166 e. The molecular weight excluding hydrogens is 763 g/mol. The van der Waals surface area contributed by atoms with Crippen molar-refractivity contribution in [3.8, 4) is 51.0 Å². The van der Waals surface area contributed by atoms with Crippen molar-refractivity contribution >= 4 is 11.6 Å². The summed E-state index contributed by atoms with van der Waals surface area (Å²) in [5.74, 6) is 1.91. The summed E-state index contributed by atoms with van der Waals surface area (Å²) in [6.07, 6.45) is 14.1. The zero-order valence-corrected chi connectivity index (χ0v) is 35.3.